The van der Waals surface area contributed by atoms with E-state index in [2.05, 4.69) is 19.2 Å². The molecule has 0 radical (unpaired) electrons. The third-order valence-electron chi connectivity index (χ3n) is 5.05. The van der Waals surface area contributed by atoms with E-state index in [1.54, 1.807) is 19.1 Å². The van der Waals surface area contributed by atoms with Gasteiger partial charge < -0.3 is 10.1 Å². The molecular weight excluding hydrogens is 290 g/mol. The molecule has 0 bridgehead atoms. The maximum Gasteiger partial charge on any atom is 0.339 e. The van der Waals surface area contributed by atoms with Crippen LogP contribution in [0.25, 0.3) is 0 Å². The third kappa shape index (κ3) is 4.34. The predicted octanol–water partition coefficient (Wildman–Crippen LogP) is 3.48. The number of benzene rings is 1. The van der Waals surface area contributed by atoms with Crippen molar-refractivity contribution in [1.29, 1.82) is 0 Å². The number of hydrogen-bond acceptors (Lipinski definition) is 3. The van der Waals surface area contributed by atoms with Crippen molar-refractivity contribution in [2.24, 2.45) is 11.8 Å². The molecule has 4 nitrogen and oxygen atoms in total. The van der Waals surface area contributed by atoms with E-state index >= 15 is 0 Å². The number of ether oxygens (including phenoxy) is 1. The van der Waals surface area contributed by atoms with Crippen molar-refractivity contribution < 1.29 is 14.3 Å². The van der Waals surface area contributed by atoms with Crippen LogP contribution in [0.1, 0.15) is 56.0 Å². The molecule has 0 saturated heterocycles. The van der Waals surface area contributed by atoms with E-state index in [4.69, 9.17) is 4.74 Å². The van der Waals surface area contributed by atoms with E-state index in [0.717, 1.165) is 18.4 Å². The zero-order valence-corrected chi connectivity index (χ0v) is 14.5. The molecule has 126 valence electrons. The highest BCUT2D eigenvalue weighted by atomic mass is 16.5. The second kappa shape index (κ2) is 7.62. The van der Waals surface area contributed by atoms with Gasteiger partial charge in [0.05, 0.1) is 5.56 Å². The molecule has 1 aromatic carbocycles. The lowest BCUT2D eigenvalue weighted by atomic mass is 9.78. The molecule has 0 heterocycles. The lowest BCUT2D eigenvalue weighted by molar-refractivity contribution is -0.130. The molecule has 1 amide bonds. The Morgan fingerprint density at radius 3 is 2.61 bits per heavy atom. The Bertz CT molecular complexity index is 569. The molecule has 0 aromatic heterocycles. The Morgan fingerprint density at radius 2 is 1.91 bits per heavy atom. The van der Waals surface area contributed by atoms with Gasteiger partial charge in [-0.15, -0.1) is 0 Å². The summed E-state index contributed by atoms with van der Waals surface area (Å²) in [5.74, 6) is 0.402. The minimum atomic E-state index is -0.786. The van der Waals surface area contributed by atoms with Gasteiger partial charge in [0.15, 0.2) is 6.10 Å². The van der Waals surface area contributed by atoms with Crippen molar-refractivity contribution in [3.05, 3.63) is 35.4 Å². The second-order valence-corrected chi connectivity index (χ2v) is 6.74. The number of aryl methyl sites for hydroxylation is 1. The zero-order chi connectivity index (χ0) is 17.0. The second-order valence-electron chi connectivity index (χ2n) is 6.74. The molecule has 1 N–H and O–H groups in total. The van der Waals surface area contributed by atoms with Crippen LogP contribution in [0.5, 0.6) is 0 Å². The number of esters is 1. The van der Waals surface area contributed by atoms with Crippen molar-refractivity contribution in [3.63, 3.8) is 0 Å². The molecular formula is C19H27NO3. The summed E-state index contributed by atoms with van der Waals surface area (Å²) >= 11 is 0. The fraction of sp³-hybridized carbons (Fsp3) is 0.579. The van der Waals surface area contributed by atoms with Gasteiger partial charge in [0.2, 0.25) is 0 Å². The summed E-state index contributed by atoms with van der Waals surface area (Å²) in [4.78, 5) is 24.5. The average Bonchev–Trinajstić information content (AvgIpc) is 2.52. The fourth-order valence-corrected chi connectivity index (χ4v) is 3.17. The monoisotopic (exact) mass is 317 g/mol. The molecule has 0 aliphatic heterocycles. The first kappa shape index (κ1) is 17.5. The number of rotatable bonds is 4. The van der Waals surface area contributed by atoms with Gasteiger partial charge in [0.25, 0.3) is 5.91 Å². The molecule has 1 aliphatic rings. The molecule has 0 unspecified atom stereocenters. The number of carbonyl (C=O) groups is 2. The van der Waals surface area contributed by atoms with Crippen LogP contribution in [0.3, 0.4) is 0 Å². The van der Waals surface area contributed by atoms with E-state index in [9.17, 15) is 9.59 Å². The summed E-state index contributed by atoms with van der Waals surface area (Å²) in [6.45, 7) is 7.89. The Kier molecular flexibility index (Phi) is 5.80. The highest BCUT2D eigenvalue weighted by Gasteiger charge is 2.30. The van der Waals surface area contributed by atoms with Crippen molar-refractivity contribution in [3.8, 4) is 0 Å². The first-order valence-corrected chi connectivity index (χ1v) is 8.47. The first-order valence-electron chi connectivity index (χ1n) is 8.47. The zero-order valence-electron chi connectivity index (χ0n) is 14.5. The molecule has 1 saturated carbocycles. The molecule has 2 rings (SSSR count). The molecule has 4 heteroatoms. The van der Waals surface area contributed by atoms with Crippen molar-refractivity contribution >= 4 is 11.9 Å². The Balaban J connectivity index is 1.92. The topological polar surface area (TPSA) is 55.4 Å². The first-order chi connectivity index (χ1) is 10.9. The van der Waals surface area contributed by atoms with Gasteiger partial charge in [0, 0.05) is 6.04 Å². The third-order valence-corrected chi connectivity index (χ3v) is 5.05. The predicted molar refractivity (Wildman–Crippen MR) is 90.2 cm³/mol. The summed E-state index contributed by atoms with van der Waals surface area (Å²) in [6, 6.07) is 7.40. The standard InChI is InChI=1S/C19H27NO3/c1-12-9-7-11-17(14(12)3)20-18(21)15(4)23-19(22)16-10-6-5-8-13(16)2/h5-6,8,10,12,14-15,17H,7,9,11H2,1-4H3,(H,20,21)/t12-,14-,15+,17+/m0/s1. The molecule has 1 fully saturated rings. The van der Waals surface area contributed by atoms with Crippen molar-refractivity contribution in [1.82, 2.24) is 5.32 Å². The van der Waals surface area contributed by atoms with Crippen LogP contribution < -0.4 is 5.32 Å². The van der Waals surface area contributed by atoms with Gasteiger partial charge in [-0.05, 0) is 43.7 Å². The molecule has 1 aliphatic carbocycles. The summed E-state index contributed by atoms with van der Waals surface area (Å²) in [5, 5.41) is 3.05. The highest BCUT2D eigenvalue weighted by molar-refractivity contribution is 5.93. The Morgan fingerprint density at radius 1 is 1.22 bits per heavy atom. The highest BCUT2D eigenvalue weighted by Crippen LogP contribution is 2.29. The average molecular weight is 317 g/mol. The van der Waals surface area contributed by atoms with Crippen LogP contribution in [0.15, 0.2) is 24.3 Å². The van der Waals surface area contributed by atoms with Gasteiger partial charge in [-0.1, -0.05) is 44.9 Å². The Hall–Kier alpha value is -1.84. The van der Waals surface area contributed by atoms with Gasteiger partial charge in [-0.2, -0.15) is 0 Å². The number of hydrogen-bond donors (Lipinski definition) is 1. The van der Waals surface area contributed by atoms with Gasteiger partial charge in [-0.25, -0.2) is 4.79 Å². The van der Waals surface area contributed by atoms with Crippen LogP contribution in [-0.2, 0) is 9.53 Å². The summed E-state index contributed by atoms with van der Waals surface area (Å²) < 4.78 is 5.33. The quantitative estimate of drug-likeness (QED) is 0.865. The van der Waals surface area contributed by atoms with Crippen molar-refractivity contribution in [2.75, 3.05) is 0 Å². The molecule has 23 heavy (non-hydrogen) atoms. The number of nitrogens with one attached hydrogen (secondary N) is 1. The maximum atomic E-state index is 12.3. The Labute approximate surface area is 138 Å². The fourth-order valence-electron chi connectivity index (χ4n) is 3.17. The summed E-state index contributed by atoms with van der Waals surface area (Å²) in [6.07, 6.45) is 2.56. The lowest BCUT2D eigenvalue weighted by Crippen LogP contribution is -2.47. The molecule has 1 aromatic rings. The van der Waals surface area contributed by atoms with E-state index in [0.29, 0.717) is 17.4 Å². The van der Waals surface area contributed by atoms with Crippen LogP contribution in [0.4, 0.5) is 0 Å². The maximum absolute atomic E-state index is 12.3. The van der Waals surface area contributed by atoms with Crippen LogP contribution in [-0.4, -0.2) is 24.0 Å². The van der Waals surface area contributed by atoms with E-state index in [-0.39, 0.29) is 11.9 Å². The van der Waals surface area contributed by atoms with Crippen LogP contribution in [0, 0.1) is 18.8 Å². The van der Waals surface area contributed by atoms with Crippen molar-refractivity contribution in [2.45, 2.75) is 59.1 Å². The van der Waals surface area contributed by atoms with E-state index < -0.39 is 12.1 Å². The molecule has 4 atom stereocenters. The summed E-state index contributed by atoms with van der Waals surface area (Å²) in [7, 11) is 0. The van der Waals surface area contributed by atoms with Crippen LogP contribution >= 0.6 is 0 Å². The van der Waals surface area contributed by atoms with E-state index in [1.807, 2.05) is 19.1 Å². The van der Waals surface area contributed by atoms with Gasteiger partial charge in [-0.3, -0.25) is 4.79 Å². The smallest absolute Gasteiger partial charge is 0.339 e. The normalized spacial score (nSPS) is 25.5. The van der Waals surface area contributed by atoms with E-state index in [1.165, 1.54) is 6.42 Å². The lowest BCUT2D eigenvalue weighted by Gasteiger charge is -2.35. The number of amides is 1. The summed E-state index contributed by atoms with van der Waals surface area (Å²) in [5.41, 5.74) is 1.35. The minimum Gasteiger partial charge on any atom is -0.449 e. The number of carbonyl (C=O) groups excluding carboxylic acids is 2. The van der Waals surface area contributed by atoms with Crippen LogP contribution in [0.2, 0.25) is 0 Å². The minimum absolute atomic E-state index is 0.172. The largest absolute Gasteiger partial charge is 0.449 e. The SMILES string of the molecule is Cc1ccccc1C(=O)O[C@H](C)C(=O)N[C@@H]1CCC[C@H](C)[C@@H]1C. The van der Waals surface area contributed by atoms with Gasteiger partial charge >= 0.3 is 5.97 Å². The van der Waals surface area contributed by atoms with Gasteiger partial charge in [0.1, 0.15) is 0 Å². The molecule has 0 spiro atoms.